The van der Waals surface area contributed by atoms with Crippen molar-refractivity contribution in [3.63, 3.8) is 0 Å². The Hall–Kier alpha value is -2.49. The van der Waals surface area contributed by atoms with E-state index in [1.54, 1.807) is 0 Å². The maximum Gasteiger partial charge on any atom is 0.181 e. The molecule has 0 radical (unpaired) electrons. The summed E-state index contributed by atoms with van der Waals surface area (Å²) in [6, 6.07) is 13.7. The maximum atomic E-state index is 5.79. The first-order valence-corrected chi connectivity index (χ1v) is 5.66. The molecule has 0 aliphatic heterocycles. The number of nitrogens with two attached hydrogens (primary N) is 1. The van der Waals surface area contributed by atoms with Gasteiger partial charge in [-0.2, -0.15) is 0 Å². The van der Waals surface area contributed by atoms with Crippen molar-refractivity contribution >= 4 is 28.2 Å². The number of aromatic nitrogens is 1. The van der Waals surface area contributed by atoms with E-state index >= 15 is 0 Å². The highest BCUT2D eigenvalue weighted by atomic mass is 16.3. The van der Waals surface area contributed by atoms with Gasteiger partial charge in [0, 0.05) is 30.2 Å². The summed E-state index contributed by atoms with van der Waals surface area (Å²) in [6.45, 7) is 0. The number of oxazole rings is 1. The normalized spacial score (nSPS) is 10.7. The second-order valence-electron chi connectivity index (χ2n) is 4.16. The van der Waals surface area contributed by atoms with Crippen LogP contribution in [0.4, 0.5) is 17.1 Å². The zero-order valence-corrected chi connectivity index (χ0v) is 10.00. The fourth-order valence-corrected chi connectivity index (χ4v) is 1.93. The summed E-state index contributed by atoms with van der Waals surface area (Å²) in [6.07, 6.45) is 1.45. The molecule has 0 saturated carbocycles. The number of benzene rings is 2. The van der Waals surface area contributed by atoms with E-state index in [0.29, 0.717) is 0 Å². The van der Waals surface area contributed by atoms with Crippen LogP contribution in [0.3, 0.4) is 0 Å². The summed E-state index contributed by atoms with van der Waals surface area (Å²) in [7, 11) is 1.99. The largest absolute Gasteiger partial charge is 0.443 e. The Morgan fingerprint density at radius 1 is 1.11 bits per heavy atom. The zero-order valence-electron chi connectivity index (χ0n) is 10.00. The molecule has 0 saturated heterocycles. The Morgan fingerprint density at radius 3 is 2.78 bits per heavy atom. The molecule has 1 heterocycles. The Bertz CT molecular complexity index is 690. The molecule has 0 atom stereocenters. The smallest absolute Gasteiger partial charge is 0.181 e. The summed E-state index contributed by atoms with van der Waals surface area (Å²) < 4.78 is 5.31. The lowest BCUT2D eigenvalue weighted by atomic mass is 10.2. The van der Waals surface area contributed by atoms with Crippen molar-refractivity contribution < 1.29 is 4.42 Å². The molecule has 1 aromatic heterocycles. The van der Waals surface area contributed by atoms with Gasteiger partial charge in [-0.25, -0.2) is 4.98 Å². The fraction of sp³-hybridized carbons (Fsp3) is 0.0714. The van der Waals surface area contributed by atoms with Crippen LogP contribution in [0.2, 0.25) is 0 Å². The molecule has 2 aromatic carbocycles. The minimum atomic E-state index is 0.750. The number of nitrogens with zero attached hydrogens (tertiary/aromatic N) is 2. The first-order valence-electron chi connectivity index (χ1n) is 5.66. The molecule has 0 amide bonds. The Balaban J connectivity index is 2.02. The quantitative estimate of drug-likeness (QED) is 0.698. The molecule has 0 fully saturated rings. The van der Waals surface area contributed by atoms with E-state index in [-0.39, 0.29) is 0 Å². The Labute approximate surface area is 105 Å². The van der Waals surface area contributed by atoms with Crippen LogP contribution in [-0.2, 0) is 0 Å². The summed E-state index contributed by atoms with van der Waals surface area (Å²) in [5.41, 5.74) is 10.3. The monoisotopic (exact) mass is 239 g/mol. The number of hydrogen-bond acceptors (Lipinski definition) is 4. The molecule has 0 aliphatic carbocycles. The molecular weight excluding hydrogens is 226 g/mol. The lowest BCUT2D eigenvalue weighted by molar-refractivity contribution is 0.602. The summed E-state index contributed by atoms with van der Waals surface area (Å²) in [5.74, 6) is 0. The van der Waals surface area contributed by atoms with Crippen molar-refractivity contribution in [1.82, 2.24) is 4.98 Å². The minimum Gasteiger partial charge on any atom is -0.443 e. The van der Waals surface area contributed by atoms with Gasteiger partial charge in [-0.1, -0.05) is 6.07 Å². The predicted molar refractivity (Wildman–Crippen MR) is 72.9 cm³/mol. The van der Waals surface area contributed by atoms with Crippen molar-refractivity contribution in [2.75, 3.05) is 17.7 Å². The Kier molecular flexibility index (Phi) is 2.41. The molecular formula is C14H13N3O. The standard InChI is InChI=1S/C14H13N3O/c1-17(11-4-2-3-10(15)7-11)12-5-6-13-14(8-12)18-9-16-13/h2-9H,15H2,1H3. The van der Waals surface area contributed by atoms with Crippen LogP contribution in [0.25, 0.3) is 11.1 Å². The highest BCUT2D eigenvalue weighted by molar-refractivity contribution is 5.79. The van der Waals surface area contributed by atoms with Crippen LogP contribution < -0.4 is 10.6 Å². The van der Waals surface area contributed by atoms with Gasteiger partial charge >= 0.3 is 0 Å². The van der Waals surface area contributed by atoms with E-state index in [9.17, 15) is 0 Å². The average Bonchev–Trinajstić information content (AvgIpc) is 2.85. The van der Waals surface area contributed by atoms with E-state index in [1.165, 1.54) is 6.39 Å². The fourth-order valence-electron chi connectivity index (χ4n) is 1.93. The van der Waals surface area contributed by atoms with Crippen LogP contribution in [0.5, 0.6) is 0 Å². The molecule has 0 spiro atoms. The van der Waals surface area contributed by atoms with E-state index in [0.717, 1.165) is 28.2 Å². The number of anilines is 3. The van der Waals surface area contributed by atoms with Gasteiger partial charge in [0.05, 0.1) is 0 Å². The molecule has 3 rings (SSSR count). The van der Waals surface area contributed by atoms with Gasteiger partial charge < -0.3 is 15.1 Å². The van der Waals surface area contributed by atoms with Crippen molar-refractivity contribution in [3.8, 4) is 0 Å². The van der Waals surface area contributed by atoms with Gasteiger partial charge in [-0.15, -0.1) is 0 Å². The van der Waals surface area contributed by atoms with Crippen LogP contribution >= 0.6 is 0 Å². The molecule has 0 bridgehead atoms. The predicted octanol–water partition coefficient (Wildman–Crippen LogP) is 3.18. The highest BCUT2D eigenvalue weighted by Crippen LogP contribution is 2.27. The van der Waals surface area contributed by atoms with E-state index in [4.69, 9.17) is 10.2 Å². The Morgan fingerprint density at radius 2 is 1.94 bits per heavy atom. The molecule has 0 aliphatic rings. The molecule has 4 heteroatoms. The molecule has 4 nitrogen and oxygen atoms in total. The van der Waals surface area contributed by atoms with Crippen LogP contribution in [0, 0.1) is 0 Å². The van der Waals surface area contributed by atoms with Crippen molar-refractivity contribution in [3.05, 3.63) is 48.9 Å². The van der Waals surface area contributed by atoms with Crippen molar-refractivity contribution in [2.24, 2.45) is 0 Å². The molecule has 2 N–H and O–H groups in total. The minimum absolute atomic E-state index is 0.750. The number of nitrogen functional groups attached to an aromatic ring is 1. The van der Waals surface area contributed by atoms with Gasteiger partial charge in [0.1, 0.15) is 5.52 Å². The number of fused-ring (bicyclic) bond motifs is 1. The van der Waals surface area contributed by atoms with Crippen LogP contribution in [0.1, 0.15) is 0 Å². The SMILES string of the molecule is CN(c1cccc(N)c1)c1ccc2ncoc2c1. The number of rotatable bonds is 2. The van der Waals surface area contributed by atoms with E-state index in [2.05, 4.69) is 9.88 Å². The summed E-state index contributed by atoms with van der Waals surface area (Å²) in [5, 5.41) is 0. The van der Waals surface area contributed by atoms with E-state index in [1.807, 2.05) is 49.5 Å². The molecule has 90 valence electrons. The highest BCUT2D eigenvalue weighted by Gasteiger charge is 2.06. The molecule has 3 aromatic rings. The molecule has 18 heavy (non-hydrogen) atoms. The zero-order chi connectivity index (χ0) is 12.5. The molecule has 0 unspecified atom stereocenters. The second kappa shape index (κ2) is 4.07. The van der Waals surface area contributed by atoms with Crippen molar-refractivity contribution in [1.29, 1.82) is 0 Å². The summed E-state index contributed by atoms with van der Waals surface area (Å²) >= 11 is 0. The first kappa shape index (κ1) is 10.7. The van der Waals surface area contributed by atoms with Crippen molar-refractivity contribution in [2.45, 2.75) is 0 Å². The third-order valence-electron chi connectivity index (χ3n) is 2.96. The van der Waals surface area contributed by atoms with Crippen LogP contribution in [-0.4, -0.2) is 12.0 Å². The average molecular weight is 239 g/mol. The first-order chi connectivity index (χ1) is 8.74. The second-order valence-corrected chi connectivity index (χ2v) is 4.16. The maximum absolute atomic E-state index is 5.79. The van der Waals surface area contributed by atoms with Gasteiger partial charge in [0.25, 0.3) is 0 Å². The third-order valence-corrected chi connectivity index (χ3v) is 2.96. The number of hydrogen-bond donors (Lipinski definition) is 1. The van der Waals surface area contributed by atoms with Gasteiger partial charge in [-0.05, 0) is 30.3 Å². The summed E-state index contributed by atoms with van der Waals surface area (Å²) in [4.78, 5) is 6.15. The topological polar surface area (TPSA) is 55.3 Å². The van der Waals surface area contributed by atoms with Gasteiger partial charge in [0.15, 0.2) is 12.0 Å². The van der Waals surface area contributed by atoms with Gasteiger partial charge in [0.2, 0.25) is 0 Å². The van der Waals surface area contributed by atoms with E-state index < -0.39 is 0 Å². The third kappa shape index (κ3) is 1.78. The lowest BCUT2D eigenvalue weighted by Crippen LogP contribution is -2.09. The van der Waals surface area contributed by atoms with Gasteiger partial charge in [-0.3, -0.25) is 0 Å². The van der Waals surface area contributed by atoms with Crippen LogP contribution in [0.15, 0.2) is 53.3 Å². The lowest BCUT2D eigenvalue weighted by Gasteiger charge is -2.19.